The maximum Gasteiger partial charge on any atom is 0.276 e. The molecule has 2 atom stereocenters. The summed E-state index contributed by atoms with van der Waals surface area (Å²) < 4.78 is 27.8. The summed E-state index contributed by atoms with van der Waals surface area (Å²) >= 11 is 11.9. The molecule has 2 unspecified atom stereocenters. The summed E-state index contributed by atoms with van der Waals surface area (Å²) in [4.78, 5) is 14.2. The van der Waals surface area contributed by atoms with Gasteiger partial charge in [0.2, 0.25) is 10.0 Å². The number of fused-ring (bicyclic) bond motifs is 2. The van der Waals surface area contributed by atoms with Crippen molar-refractivity contribution >= 4 is 39.1 Å². The van der Waals surface area contributed by atoms with Gasteiger partial charge in [0.25, 0.3) is 5.91 Å². The van der Waals surface area contributed by atoms with Gasteiger partial charge in [-0.2, -0.15) is 19.7 Å². The van der Waals surface area contributed by atoms with Crippen LogP contribution in [0.1, 0.15) is 23.3 Å². The number of rotatable bonds is 3. The fourth-order valence-electron chi connectivity index (χ4n) is 3.69. The summed E-state index contributed by atoms with van der Waals surface area (Å²) in [7, 11) is -3.75. The number of piperazine rings is 1. The molecule has 0 aliphatic carbocycles. The first-order chi connectivity index (χ1) is 12.4. The molecule has 0 saturated carbocycles. The number of nitrogens with one attached hydrogen (secondary N) is 1. The zero-order valence-electron chi connectivity index (χ0n) is 13.5. The number of H-pyrrole nitrogens is 1. The van der Waals surface area contributed by atoms with E-state index >= 15 is 0 Å². The van der Waals surface area contributed by atoms with Crippen LogP contribution in [0.15, 0.2) is 29.3 Å². The number of carbonyl (C=O) groups excluding carboxylic acids is 1. The molecule has 0 spiro atoms. The predicted octanol–water partition coefficient (Wildman–Crippen LogP) is 1.79. The van der Waals surface area contributed by atoms with Gasteiger partial charge < -0.3 is 4.90 Å². The molecule has 0 radical (unpaired) electrons. The molecule has 4 rings (SSSR count). The monoisotopic (exact) mass is 415 g/mol. The smallest absolute Gasteiger partial charge is 0.276 e. The van der Waals surface area contributed by atoms with Crippen molar-refractivity contribution in [2.45, 2.75) is 29.8 Å². The molecule has 3 heterocycles. The summed E-state index contributed by atoms with van der Waals surface area (Å²) in [5.74, 6) is -0.251. The van der Waals surface area contributed by atoms with Crippen molar-refractivity contribution < 1.29 is 13.2 Å². The number of sulfonamides is 1. The van der Waals surface area contributed by atoms with Gasteiger partial charge in [0.15, 0.2) is 5.69 Å². The molecule has 2 aromatic rings. The Balaban J connectivity index is 1.61. The minimum Gasteiger partial charge on any atom is -0.334 e. The molecule has 1 aromatic carbocycles. The van der Waals surface area contributed by atoms with Crippen molar-refractivity contribution in [1.82, 2.24) is 24.6 Å². The van der Waals surface area contributed by atoms with E-state index in [-0.39, 0.29) is 38.6 Å². The SMILES string of the molecule is O=C(c1cn[nH]n1)N1CC2CCC(C1)N2S(=O)(=O)c1cc(Cl)cc(Cl)c1. The Morgan fingerprint density at radius 3 is 2.27 bits per heavy atom. The number of hydrogen-bond donors (Lipinski definition) is 1. The van der Waals surface area contributed by atoms with Crippen molar-refractivity contribution in [1.29, 1.82) is 0 Å². The second-order valence-corrected chi connectivity index (χ2v) is 9.11. The number of aromatic amines is 1. The van der Waals surface area contributed by atoms with Crippen molar-refractivity contribution in [3.8, 4) is 0 Å². The van der Waals surface area contributed by atoms with Gasteiger partial charge in [0.1, 0.15) is 0 Å². The number of halogens is 2. The van der Waals surface area contributed by atoms with Crippen LogP contribution in [0.2, 0.25) is 10.0 Å². The molecule has 2 saturated heterocycles. The molecule has 8 nitrogen and oxygen atoms in total. The molecule has 2 fully saturated rings. The first kappa shape index (κ1) is 17.7. The Bertz CT molecular complexity index is 916. The van der Waals surface area contributed by atoms with E-state index in [1.807, 2.05) is 0 Å². The Morgan fingerprint density at radius 1 is 1.12 bits per heavy atom. The van der Waals surface area contributed by atoms with Crippen LogP contribution in [-0.4, -0.2) is 64.1 Å². The zero-order valence-corrected chi connectivity index (χ0v) is 15.8. The number of carbonyl (C=O) groups is 1. The summed E-state index contributed by atoms with van der Waals surface area (Å²) in [5, 5.41) is 10.4. The Kier molecular flexibility index (Phi) is 4.42. The summed E-state index contributed by atoms with van der Waals surface area (Å²) in [6, 6.07) is 3.72. The average Bonchev–Trinajstić information content (AvgIpc) is 3.20. The Morgan fingerprint density at radius 2 is 1.73 bits per heavy atom. The highest BCUT2D eigenvalue weighted by molar-refractivity contribution is 7.89. The second-order valence-electron chi connectivity index (χ2n) is 6.39. The summed E-state index contributed by atoms with van der Waals surface area (Å²) in [6.07, 6.45) is 2.75. The number of aromatic nitrogens is 3. The topological polar surface area (TPSA) is 99.3 Å². The normalized spacial score (nSPS) is 23.4. The lowest BCUT2D eigenvalue weighted by molar-refractivity contribution is 0.0609. The zero-order chi connectivity index (χ0) is 18.5. The van der Waals surface area contributed by atoms with Crippen LogP contribution in [0.3, 0.4) is 0 Å². The number of nitrogens with zero attached hydrogens (tertiary/aromatic N) is 4. The lowest BCUT2D eigenvalue weighted by atomic mass is 10.2. The minimum atomic E-state index is -3.75. The summed E-state index contributed by atoms with van der Waals surface area (Å²) in [5.41, 5.74) is 0.224. The van der Waals surface area contributed by atoms with E-state index in [1.165, 1.54) is 28.7 Å². The van der Waals surface area contributed by atoms with Crippen LogP contribution in [0, 0.1) is 0 Å². The molecular weight excluding hydrogens is 401 g/mol. The van der Waals surface area contributed by atoms with Gasteiger partial charge in [-0.3, -0.25) is 4.79 Å². The van der Waals surface area contributed by atoms with Crippen molar-refractivity contribution in [2.24, 2.45) is 0 Å². The third kappa shape index (κ3) is 2.98. The van der Waals surface area contributed by atoms with Crippen molar-refractivity contribution in [2.75, 3.05) is 13.1 Å². The van der Waals surface area contributed by atoms with Crippen LogP contribution in [0.25, 0.3) is 0 Å². The van der Waals surface area contributed by atoms with Gasteiger partial charge in [-0.15, -0.1) is 0 Å². The maximum absolute atomic E-state index is 13.1. The minimum absolute atomic E-state index is 0.0724. The molecular formula is C15H15Cl2N5O3S. The molecule has 2 aliphatic rings. The Hall–Kier alpha value is -1.68. The molecule has 1 aromatic heterocycles. The molecule has 26 heavy (non-hydrogen) atoms. The van der Waals surface area contributed by atoms with Gasteiger partial charge >= 0.3 is 0 Å². The highest BCUT2D eigenvalue weighted by Crippen LogP contribution is 2.36. The van der Waals surface area contributed by atoms with Gasteiger partial charge in [0, 0.05) is 35.2 Å². The molecule has 2 bridgehead atoms. The van der Waals surface area contributed by atoms with E-state index in [0.29, 0.717) is 25.9 Å². The quantitative estimate of drug-likeness (QED) is 0.823. The van der Waals surface area contributed by atoms with Gasteiger partial charge in [-0.1, -0.05) is 23.2 Å². The molecule has 1 amide bonds. The lowest BCUT2D eigenvalue weighted by Gasteiger charge is -2.39. The molecule has 138 valence electrons. The largest absolute Gasteiger partial charge is 0.334 e. The van der Waals surface area contributed by atoms with E-state index in [0.717, 1.165) is 0 Å². The standard InChI is InChI=1S/C15H15Cl2N5O3S/c16-9-3-10(17)5-13(4-9)26(24,25)22-11-1-2-12(22)8-21(7-11)15(23)14-6-18-20-19-14/h3-6,11-12H,1-2,7-8H2,(H,18,19,20). The van der Waals surface area contributed by atoms with Gasteiger partial charge in [-0.05, 0) is 31.0 Å². The number of benzene rings is 1. The third-order valence-electron chi connectivity index (χ3n) is 4.75. The number of hydrogen-bond acceptors (Lipinski definition) is 5. The van der Waals surface area contributed by atoms with Crippen LogP contribution >= 0.6 is 23.2 Å². The fraction of sp³-hybridized carbons (Fsp3) is 0.400. The average molecular weight is 416 g/mol. The maximum atomic E-state index is 13.1. The lowest BCUT2D eigenvalue weighted by Crippen LogP contribution is -2.57. The van der Waals surface area contributed by atoms with Crippen LogP contribution < -0.4 is 0 Å². The highest BCUT2D eigenvalue weighted by atomic mass is 35.5. The van der Waals surface area contributed by atoms with Gasteiger partial charge in [0.05, 0.1) is 11.1 Å². The van der Waals surface area contributed by atoms with Crippen molar-refractivity contribution in [3.05, 3.63) is 40.1 Å². The van der Waals surface area contributed by atoms with E-state index in [9.17, 15) is 13.2 Å². The third-order valence-corrected chi connectivity index (χ3v) is 7.17. The van der Waals surface area contributed by atoms with Crippen LogP contribution in [0.4, 0.5) is 0 Å². The van der Waals surface area contributed by atoms with Crippen LogP contribution in [-0.2, 0) is 10.0 Å². The van der Waals surface area contributed by atoms with E-state index in [1.54, 1.807) is 4.90 Å². The first-order valence-corrected chi connectivity index (χ1v) is 10.2. The number of likely N-dealkylation sites (tertiary alicyclic amines) is 1. The highest BCUT2D eigenvalue weighted by Gasteiger charge is 2.48. The predicted molar refractivity (Wildman–Crippen MR) is 94.6 cm³/mol. The molecule has 2 aliphatic heterocycles. The van der Waals surface area contributed by atoms with E-state index < -0.39 is 10.0 Å². The van der Waals surface area contributed by atoms with Crippen LogP contribution in [0.5, 0.6) is 0 Å². The van der Waals surface area contributed by atoms with Crippen molar-refractivity contribution in [3.63, 3.8) is 0 Å². The fourth-order valence-corrected chi connectivity index (χ4v) is 6.27. The van der Waals surface area contributed by atoms with Gasteiger partial charge in [-0.25, -0.2) is 8.42 Å². The molecule has 11 heteroatoms. The Labute approximate surface area is 160 Å². The van der Waals surface area contributed by atoms with E-state index in [2.05, 4.69) is 15.4 Å². The molecule has 1 N–H and O–H groups in total. The van der Waals surface area contributed by atoms with E-state index in [4.69, 9.17) is 23.2 Å². The second kappa shape index (κ2) is 6.49. The summed E-state index contributed by atoms with van der Waals surface area (Å²) in [6.45, 7) is 0.630. The number of amides is 1. The first-order valence-electron chi connectivity index (χ1n) is 8.01.